The maximum absolute atomic E-state index is 13.0. The van der Waals surface area contributed by atoms with Crippen molar-refractivity contribution in [1.82, 2.24) is 15.2 Å². The van der Waals surface area contributed by atoms with Crippen LogP contribution in [0.3, 0.4) is 0 Å². The number of likely N-dealkylation sites (tertiary alicyclic amines) is 1. The van der Waals surface area contributed by atoms with Crippen molar-refractivity contribution in [2.75, 3.05) is 13.1 Å². The van der Waals surface area contributed by atoms with Crippen LogP contribution in [0.25, 0.3) is 0 Å². The van der Waals surface area contributed by atoms with Crippen LogP contribution in [-0.4, -0.2) is 34.8 Å². The fraction of sp³-hybridized carbons (Fsp3) is 0.667. The van der Waals surface area contributed by atoms with Crippen molar-refractivity contribution in [2.24, 2.45) is 17.3 Å². The van der Waals surface area contributed by atoms with Crippen molar-refractivity contribution in [3.05, 3.63) is 30.1 Å². The number of carbonyl (C=O) groups excluding carboxylic acids is 2. The van der Waals surface area contributed by atoms with E-state index < -0.39 is 0 Å². The summed E-state index contributed by atoms with van der Waals surface area (Å²) < 4.78 is 0. The van der Waals surface area contributed by atoms with E-state index in [0.717, 1.165) is 37.8 Å². The minimum atomic E-state index is -0.0551. The van der Waals surface area contributed by atoms with Crippen molar-refractivity contribution in [2.45, 2.75) is 57.9 Å². The Morgan fingerprint density at radius 2 is 2.00 bits per heavy atom. The maximum atomic E-state index is 13.0. The summed E-state index contributed by atoms with van der Waals surface area (Å²) in [5, 5.41) is 3.09. The summed E-state index contributed by atoms with van der Waals surface area (Å²) in [6, 6.07) is 3.86. The highest BCUT2D eigenvalue weighted by atomic mass is 16.2. The van der Waals surface area contributed by atoms with Gasteiger partial charge in [-0.1, -0.05) is 31.7 Å². The number of nitrogens with zero attached hydrogens (tertiary/aromatic N) is 2. The van der Waals surface area contributed by atoms with E-state index in [0.29, 0.717) is 19.0 Å². The second kappa shape index (κ2) is 7.37. The maximum Gasteiger partial charge on any atom is 0.225 e. The first-order chi connectivity index (χ1) is 12.7. The van der Waals surface area contributed by atoms with Gasteiger partial charge in [0, 0.05) is 43.4 Å². The number of pyridine rings is 1. The summed E-state index contributed by atoms with van der Waals surface area (Å²) in [6.45, 7) is 1.90. The molecular weight excluding hydrogens is 326 g/mol. The van der Waals surface area contributed by atoms with Crippen molar-refractivity contribution in [3.63, 3.8) is 0 Å². The van der Waals surface area contributed by atoms with Crippen molar-refractivity contribution in [1.29, 1.82) is 0 Å². The topological polar surface area (TPSA) is 62.3 Å². The highest BCUT2D eigenvalue weighted by molar-refractivity contribution is 5.84. The molecule has 1 aromatic heterocycles. The molecule has 0 bridgehead atoms. The first kappa shape index (κ1) is 17.5. The zero-order valence-electron chi connectivity index (χ0n) is 15.5. The van der Waals surface area contributed by atoms with Crippen LogP contribution in [-0.2, 0) is 16.1 Å². The van der Waals surface area contributed by atoms with Crippen LogP contribution in [0.4, 0.5) is 0 Å². The Morgan fingerprint density at radius 1 is 1.19 bits per heavy atom. The van der Waals surface area contributed by atoms with Gasteiger partial charge in [-0.15, -0.1) is 0 Å². The Balaban J connectivity index is 1.40. The first-order valence-corrected chi connectivity index (χ1v) is 10.1. The predicted octanol–water partition coefficient (Wildman–Crippen LogP) is 2.91. The van der Waals surface area contributed by atoms with Crippen LogP contribution in [0, 0.1) is 17.3 Å². The summed E-state index contributed by atoms with van der Waals surface area (Å²) in [7, 11) is 0. The molecule has 3 fully saturated rings. The van der Waals surface area contributed by atoms with Gasteiger partial charge >= 0.3 is 0 Å². The number of nitrogens with one attached hydrogen (secondary N) is 1. The largest absolute Gasteiger partial charge is 0.352 e. The van der Waals surface area contributed by atoms with Gasteiger partial charge in [0.1, 0.15) is 0 Å². The van der Waals surface area contributed by atoms with Crippen LogP contribution in [0.1, 0.15) is 56.9 Å². The van der Waals surface area contributed by atoms with Crippen LogP contribution < -0.4 is 5.32 Å². The molecule has 0 aromatic carbocycles. The van der Waals surface area contributed by atoms with Crippen molar-refractivity contribution in [3.8, 4) is 0 Å². The third-order valence-electron chi connectivity index (χ3n) is 6.77. The van der Waals surface area contributed by atoms with Crippen LogP contribution in [0.5, 0.6) is 0 Å². The molecule has 2 aliphatic carbocycles. The molecule has 2 amide bonds. The molecule has 0 radical (unpaired) electrons. The lowest BCUT2D eigenvalue weighted by molar-refractivity contribution is -0.136. The standard InChI is InChI=1S/C21H29N3O2/c25-19(23-13-16-6-4-11-22-12-16)18-14-24(15-21(18)9-5-10-21)20(26)17-7-2-1-3-8-17/h4,6,11-12,17-18H,1-3,5,7-10,13-15H2,(H,23,25). The van der Waals surface area contributed by atoms with Gasteiger partial charge in [-0.05, 0) is 37.3 Å². The van der Waals surface area contributed by atoms with Gasteiger partial charge in [-0.25, -0.2) is 0 Å². The minimum Gasteiger partial charge on any atom is -0.352 e. The molecule has 4 rings (SSSR count). The van der Waals surface area contributed by atoms with E-state index in [2.05, 4.69) is 10.3 Å². The molecule has 1 aliphatic heterocycles. The van der Waals surface area contributed by atoms with E-state index in [1.807, 2.05) is 17.0 Å². The lowest BCUT2D eigenvalue weighted by atomic mass is 9.62. The number of aromatic nitrogens is 1. The Hall–Kier alpha value is -1.91. The van der Waals surface area contributed by atoms with E-state index in [-0.39, 0.29) is 23.2 Å². The molecule has 2 heterocycles. The minimum absolute atomic E-state index is 0.0311. The highest BCUT2D eigenvalue weighted by Crippen LogP contribution is 2.52. The Labute approximate surface area is 155 Å². The Kier molecular flexibility index (Phi) is 4.96. The lowest BCUT2D eigenvalue weighted by Gasteiger charge is -2.42. The third kappa shape index (κ3) is 3.36. The second-order valence-corrected chi connectivity index (χ2v) is 8.40. The Morgan fingerprint density at radius 3 is 2.65 bits per heavy atom. The van der Waals surface area contributed by atoms with Gasteiger partial charge in [0.15, 0.2) is 0 Å². The summed E-state index contributed by atoms with van der Waals surface area (Å²) in [4.78, 5) is 32.0. The SMILES string of the molecule is O=C(NCc1cccnc1)C1CN(C(=O)C2CCCCC2)CC12CCC2. The number of rotatable bonds is 4. The van der Waals surface area contributed by atoms with Gasteiger partial charge in [0.2, 0.25) is 11.8 Å². The van der Waals surface area contributed by atoms with E-state index in [1.165, 1.54) is 25.7 Å². The summed E-state index contributed by atoms with van der Waals surface area (Å²) in [5.74, 6) is 0.546. The lowest BCUT2D eigenvalue weighted by Crippen LogP contribution is -2.45. The molecule has 2 saturated carbocycles. The van der Waals surface area contributed by atoms with Crippen molar-refractivity contribution < 1.29 is 9.59 Å². The number of carbonyl (C=O) groups is 2. The second-order valence-electron chi connectivity index (χ2n) is 8.40. The molecule has 26 heavy (non-hydrogen) atoms. The predicted molar refractivity (Wildman–Crippen MR) is 99.0 cm³/mol. The monoisotopic (exact) mass is 355 g/mol. The van der Waals surface area contributed by atoms with Crippen LogP contribution in [0.15, 0.2) is 24.5 Å². The van der Waals surface area contributed by atoms with Gasteiger partial charge in [0.05, 0.1) is 5.92 Å². The van der Waals surface area contributed by atoms with Gasteiger partial charge < -0.3 is 10.2 Å². The number of hydrogen-bond acceptors (Lipinski definition) is 3. The summed E-state index contributed by atoms with van der Waals surface area (Å²) in [5.41, 5.74) is 1.04. The van der Waals surface area contributed by atoms with Gasteiger partial charge in [-0.2, -0.15) is 0 Å². The number of amides is 2. The van der Waals surface area contributed by atoms with E-state index in [1.54, 1.807) is 12.4 Å². The molecule has 5 nitrogen and oxygen atoms in total. The smallest absolute Gasteiger partial charge is 0.225 e. The van der Waals surface area contributed by atoms with Crippen LogP contribution in [0.2, 0.25) is 0 Å². The third-order valence-corrected chi connectivity index (χ3v) is 6.77. The average molecular weight is 355 g/mol. The molecule has 1 N–H and O–H groups in total. The highest BCUT2D eigenvalue weighted by Gasteiger charge is 2.54. The molecule has 1 aromatic rings. The molecule has 1 saturated heterocycles. The van der Waals surface area contributed by atoms with E-state index in [4.69, 9.17) is 0 Å². The van der Waals surface area contributed by atoms with Crippen LogP contribution >= 0.6 is 0 Å². The van der Waals surface area contributed by atoms with E-state index in [9.17, 15) is 9.59 Å². The molecule has 5 heteroatoms. The zero-order chi connectivity index (χ0) is 18.0. The molecular formula is C21H29N3O2. The molecule has 1 atom stereocenters. The fourth-order valence-corrected chi connectivity index (χ4v) is 5.06. The molecule has 140 valence electrons. The quantitative estimate of drug-likeness (QED) is 0.903. The first-order valence-electron chi connectivity index (χ1n) is 10.1. The van der Waals surface area contributed by atoms with Gasteiger partial charge in [-0.3, -0.25) is 14.6 Å². The fourth-order valence-electron chi connectivity index (χ4n) is 5.06. The van der Waals surface area contributed by atoms with E-state index >= 15 is 0 Å². The molecule has 3 aliphatic rings. The molecule has 1 unspecified atom stereocenters. The Bertz CT molecular complexity index is 650. The number of hydrogen-bond donors (Lipinski definition) is 1. The van der Waals surface area contributed by atoms with Crippen molar-refractivity contribution >= 4 is 11.8 Å². The molecule has 1 spiro atoms. The summed E-state index contributed by atoms with van der Waals surface area (Å²) >= 11 is 0. The normalized spacial score (nSPS) is 25.1. The summed E-state index contributed by atoms with van der Waals surface area (Å²) in [6.07, 6.45) is 12.5. The zero-order valence-corrected chi connectivity index (χ0v) is 15.5. The average Bonchev–Trinajstić information content (AvgIpc) is 3.08. The van der Waals surface area contributed by atoms with Gasteiger partial charge in [0.25, 0.3) is 0 Å².